The Bertz CT molecular complexity index is 219. The van der Waals surface area contributed by atoms with E-state index < -0.39 is 0 Å². The van der Waals surface area contributed by atoms with Crippen molar-refractivity contribution in [1.82, 2.24) is 10.2 Å². The summed E-state index contributed by atoms with van der Waals surface area (Å²) >= 11 is 0. The quantitative estimate of drug-likeness (QED) is 0.743. The zero-order valence-electron chi connectivity index (χ0n) is 9.97. The third-order valence-corrected chi connectivity index (χ3v) is 5.14. The molecule has 0 amide bonds. The van der Waals surface area contributed by atoms with Gasteiger partial charge in [-0.15, -0.1) is 0 Å². The van der Waals surface area contributed by atoms with Gasteiger partial charge in [0.05, 0.1) is 0 Å². The van der Waals surface area contributed by atoms with E-state index in [0.29, 0.717) is 0 Å². The second-order valence-corrected chi connectivity index (χ2v) is 6.04. The van der Waals surface area contributed by atoms with Crippen LogP contribution in [0.1, 0.15) is 32.6 Å². The largest absolute Gasteiger partial charge is 0.316 e. The Balaban J connectivity index is 1.45. The van der Waals surface area contributed by atoms with Gasteiger partial charge in [-0.25, -0.2) is 0 Å². The summed E-state index contributed by atoms with van der Waals surface area (Å²) in [7, 11) is 0. The van der Waals surface area contributed by atoms with E-state index in [9.17, 15) is 0 Å². The minimum absolute atomic E-state index is 0.784. The molecule has 0 unspecified atom stereocenters. The predicted octanol–water partition coefficient (Wildman–Crippen LogP) is 1.72. The number of nitrogens with one attached hydrogen (secondary N) is 1. The summed E-state index contributed by atoms with van der Waals surface area (Å²) in [4.78, 5) is 2.61. The molecule has 0 aromatic heterocycles. The summed E-state index contributed by atoms with van der Waals surface area (Å²) in [5, 5.41) is 3.44. The SMILES string of the molecule is CCN1CCC(C2CC3(CNC3)C2)CC1. The van der Waals surface area contributed by atoms with Crippen LogP contribution in [0, 0.1) is 17.3 Å². The number of rotatable bonds is 2. The molecule has 0 radical (unpaired) electrons. The van der Waals surface area contributed by atoms with Gasteiger partial charge >= 0.3 is 0 Å². The number of hydrogen-bond acceptors (Lipinski definition) is 2. The zero-order valence-corrected chi connectivity index (χ0v) is 9.97. The third kappa shape index (κ3) is 1.72. The summed E-state index contributed by atoms with van der Waals surface area (Å²) in [6.07, 6.45) is 6.03. The van der Waals surface area contributed by atoms with Crippen molar-refractivity contribution in [3.05, 3.63) is 0 Å². The molecule has 86 valence electrons. The monoisotopic (exact) mass is 208 g/mol. The van der Waals surface area contributed by atoms with Crippen LogP contribution in [-0.4, -0.2) is 37.6 Å². The van der Waals surface area contributed by atoms with E-state index in [4.69, 9.17) is 0 Å². The highest BCUT2D eigenvalue weighted by Gasteiger charge is 2.50. The van der Waals surface area contributed by atoms with Crippen LogP contribution in [-0.2, 0) is 0 Å². The Hall–Kier alpha value is -0.0800. The fourth-order valence-electron chi connectivity index (χ4n) is 3.89. The van der Waals surface area contributed by atoms with Crippen LogP contribution >= 0.6 is 0 Å². The first-order valence-corrected chi connectivity index (χ1v) is 6.74. The van der Waals surface area contributed by atoms with Gasteiger partial charge in [0.1, 0.15) is 0 Å². The molecule has 3 rings (SSSR count). The van der Waals surface area contributed by atoms with Crippen LogP contribution in [0.5, 0.6) is 0 Å². The molecule has 0 aromatic carbocycles. The molecular formula is C13H24N2. The molecule has 3 fully saturated rings. The van der Waals surface area contributed by atoms with E-state index in [1.165, 1.54) is 58.4 Å². The first kappa shape index (κ1) is 10.1. The molecule has 1 aliphatic carbocycles. The molecule has 0 atom stereocenters. The molecule has 1 spiro atoms. The molecule has 2 nitrogen and oxygen atoms in total. The minimum Gasteiger partial charge on any atom is -0.316 e. The maximum atomic E-state index is 3.44. The van der Waals surface area contributed by atoms with Crippen LogP contribution in [0.15, 0.2) is 0 Å². The predicted molar refractivity (Wildman–Crippen MR) is 62.9 cm³/mol. The number of piperidine rings is 1. The Morgan fingerprint density at radius 3 is 2.27 bits per heavy atom. The summed E-state index contributed by atoms with van der Waals surface area (Å²) in [5.41, 5.74) is 0.784. The van der Waals surface area contributed by atoms with Gasteiger partial charge in [-0.3, -0.25) is 0 Å². The van der Waals surface area contributed by atoms with Crippen molar-refractivity contribution < 1.29 is 0 Å². The van der Waals surface area contributed by atoms with Crippen molar-refractivity contribution in [2.45, 2.75) is 32.6 Å². The fraction of sp³-hybridized carbons (Fsp3) is 1.00. The first-order chi connectivity index (χ1) is 7.31. The zero-order chi connectivity index (χ0) is 10.3. The number of likely N-dealkylation sites (tertiary alicyclic amines) is 1. The standard InChI is InChI=1S/C13H24N2/c1-2-15-5-3-11(4-6-15)12-7-13(8-12)9-14-10-13/h11-12,14H,2-10H2,1H3. The maximum absolute atomic E-state index is 3.44. The fourth-order valence-corrected chi connectivity index (χ4v) is 3.89. The molecule has 0 aromatic rings. The van der Waals surface area contributed by atoms with Gasteiger partial charge in [0, 0.05) is 13.1 Å². The Kier molecular flexibility index (Phi) is 2.52. The Labute approximate surface area is 93.4 Å². The lowest BCUT2D eigenvalue weighted by Gasteiger charge is -2.57. The van der Waals surface area contributed by atoms with Crippen molar-refractivity contribution in [3.63, 3.8) is 0 Å². The molecule has 1 saturated carbocycles. The van der Waals surface area contributed by atoms with Crippen LogP contribution in [0.4, 0.5) is 0 Å². The molecule has 3 aliphatic rings. The second-order valence-electron chi connectivity index (χ2n) is 6.04. The van der Waals surface area contributed by atoms with Gasteiger partial charge in [0.25, 0.3) is 0 Å². The van der Waals surface area contributed by atoms with Crippen LogP contribution in [0.2, 0.25) is 0 Å². The summed E-state index contributed by atoms with van der Waals surface area (Å²) < 4.78 is 0. The van der Waals surface area contributed by atoms with E-state index in [2.05, 4.69) is 17.1 Å². The summed E-state index contributed by atoms with van der Waals surface area (Å²) in [6.45, 7) is 8.91. The van der Waals surface area contributed by atoms with Crippen LogP contribution in [0.25, 0.3) is 0 Å². The Morgan fingerprint density at radius 2 is 1.80 bits per heavy atom. The first-order valence-electron chi connectivity index (χ1n) is 6.74. The van der Waals surface area contributed by atoms with Crippen molar-refractivity contribution >= 4 is 0 Å². The molecule has 0 bridgehead atoms. The Morgan fingerprint density at radius 1 is 1.13 bits per heavy atom. The van der Waals surface area contributed by atoms with Gasteiger partial charge < -0.3 is 10.2 Å². The van der Waals surface area contributed by atoms with Crippen molar-refractivity contribution in [2.75, 3.05) is 32.7 Å². The van der Waals surface area contributed by atoms with Crippen molar-refractivity contribution in [2.24, 2.45) is 17.3 Å². The van der Waals surface area contributed by atoms with Gasteiger partial charge in [-0.1, -0.05) is 6.92 Å². The highest BCUT2D eigenvalue weighted by atomic mass is 15.1. The molecule has 1 N–H and O–H groups in total. The lowest BCUT2D eigenvalue weighted by Crippen LogP contribution is -2.61. The van der Waals surface area contributed by atoms with E-state index in [1.807, 2.05) is 0 Å². The summed E-state index contributed by atoms with van der Waals surface area (Å²) in [6, 6.07) is 0. The lowest BCUT2D eigenvalue weighted by atomic mass is 9.54. The molecular weight excluding hydrogens is 184 g/mol. The van der Waals surface area contributed by atoms with E-state index in [1.54, 1.807) is 0 Å². The van der Waals surface area contributed by atoms with E-state index in [0.717, 1.165) is 17.3 Å². The smallest absolute Gasteiger partial charge is 0.00204 e. The van der Waals surface area contributed by atoms with Gasteiger partial charge in [0.15, 0.2) is 0 Å². The molecule has 2 heteroatoms. The second kappa shape index (κ2) is 3.74. The lowest BCUT2D eigenvalue weighted by molar-refractivity contribution is -0.0415. The molecule has 2 heterocycles. The van der Waals surface area contributed by atoms with Crippen LogP contribution < -0.4 is 5.32 Å². The third-order valence-electron chi connectivity index (χ3n) is 5.14. The van der Waals surface area contributed by atoms with E-state index in [-0.39, 0.29) is 0 Å². The minimum atomic E-state index is 0.784. The van der Waals surface area contributed by atoms with E-state index >= 15 is 0 Å². The topological polar surface area (TPSA) is 15.3 Å². The van der Waals surface area contributed by atoms with Crippen molar-refractivity contribution in [1.29, 1.82) is 0 Å². The average Bonchev–Trinajstić information content (AvgIpc) is 2.14. The van der Waals surface area contributed by atoms with Gasteiger partial charge in [-0.2, -0.15) is 0 Å². The highest BCUT2D eigenvalue weighted by molar-refractivity contribution is 5.04. The number of hydrogen-bond donors (Lipinski definition) is 1. The maximum Gasteiger partial charge on any atom is 0.00204 e. The van der Waals surface area contributed by atoms with Crippen LogP contribution in [0.3, 0.4) is 0 Å². The number of nitrogens with zero attached hydrogens (tertiary/aromatic N) is 1. The average molecular weight is 208 g/mol. The van der Waals surface area contributed by atoms with Gasteiger partial charge in [-0.05, 0) is 62.6 Å². The molecule has 15 heavy (non-hydrogen) atoms. The molecule has 2 saturated heterocycles. The van der Waals surface area contributed by atoms with Crippen molar-refractivity contribution in [3.8, 4) is 0 Å². The summed E-state index contributed by atoms with van der Waals surface area (Å²) in [5.74, 6) is 2.16. The normalized spacial score (nSPS) is 32.6. The highest BCUT2D eigenvalue weighted by Crippen LogP contribution is 2.53. The molecule has 2 aliphatic heterocycles. The van der Waals surface area contributed by atoms with Gasteiger partial charge in [0.2, 0.25) is 0 Å².